The van der Waals surface area contributed by atoms with Gasteiger partial charge in [0, 0.05) is 17.9 Å². The minimum Gasteiger partial charge on any atom is -0.442 e. The Morgan fingerprint density at radius 2 is 2.08 bits per heavy atom. The lowest BCUT2D eigenvalue weighted by molar-refractivity contribution is 0.0920. The molecule has 0 unspecified atom stereocenters. The van der Waals surface area contributed by atoms with Gasteiger partial charge in [-0.05, 0) is 58.7 Å². The number of hydrogen-bond acceptors (Lipinski definition) is 5. The Labute approximate surface area is 164 Å². The van der Waals surface area contributed by atoms with Crippen molar-refractivity contribution in [3.8, 4) is 0 Å². The van der Waals surface area contributed by atoms with Crippen LogP contribution in [0.15, 0.2) is 40.2 Å². The van der Waals surface area contributed by atoms with Crippen molar-refractivity contribution in [2.24, 2.45) is 0 Å². The van der Waals surface area contributed by atoms with E-state index in [4.69, 9.17) is 4.74 Å². The number of benzene rings is 1. The van der Waals surface area contributed by atoms with Crippen LogP contribution in [-0.4, -0.2) is 37.7 Å². The number of rotatable bonds is 7. The van der Waals surface area contributed by atoms with Gasteiger partial charge in [0.2, 0.25) is 0 Å². The third-order valence-electron chi connectivity index (χ3n) is 3.92. The maximum absolute atomic E-state index is 12.1. The van der Waals surface area contributed by atoms with E-state index < -0.39 is 6.09 Å². The van der Waals surface area contributed by atoms with Crippen LogP contribution in [0.4, 0.5) is 16.2 Å². The van der Waals surface area contributed by atoms with E-state index >= 15 is 0 Å². The summed E-state index contributed by atoms with van der Waals surface area (Å²) in [5.74, 6) is -0.165. The molecule has 0 bridgehead atoms. The molecule has 3 rings (SSSR count). The van der Waals surface area contributed by atoms with Gasteiger partial charge in [-0.2, -0.15) is 0 Å². The second-order valence-electron chi connectivity index (χ2n) is 5.90. The molecule has 8 heteroatoms. The summed E-state index contributed by atoms with van der Waals surface area (Å²) in [6.07, 6.45) is 0.292. The first-order valence-corrected chi connectivity index (χ1v) is 10.0. The molecule has 2 aromatic rings. The van der Waals surface area contributed by atoms with Crippen LogP contribution in [0.1, 0.15) is 23.0 Å². The van der Waals surface area contributed by atoms with E-state index in [1.165, 1.54) is 11.3 Å². The van der Waals surface area contributed by atoms with Crippen LogP contribution in [0, 0.1) is 0 Å². The lowest BCUT2D eigenvalue weighted by Gasteiger charge is -2.14. The number of carbonyl (C=O) groups excluding carboxylic acids is 2. The third-order valence-corrected chi connectivity index (χ3v) is 5.54. The molecule has 1 fully saturated rings. The molecular formula is C18H20BrN3O3S. The van der Waals surface area contributed by atoms with E-state index in [-0.39, 0.29) is 18.6 Å². The summed E-state index contributed by atoms with van der Waals surface area (Å²) in [6.45, 7) is 3.72. The molecule has 26 heavy (non-hydrogen) atoms. The van der Waals surface area contributed by atoms with Gasteiger partial charge < -0.3 is 15.4 Å². The van der Waals surface area contributed by atoms with Crippen molar-refractivity contribution in [1.29, 1.82) is 0 Å². The molecule has 2 amide bonds. The van der Waals surface area contributed by atoms with Crippen LogP contribution in [-0.2, 0) is 4.74 Å². The summed E-state index contributed by atoms with van der Waals surface area (Å²) in [7, 11) is 0. The van der Waals surface area contributed by atoms with Gasteiger partial charge in [-0.1, -0.05) is 6.92 Å². The summed E-state index contributed by atoms with van der Waals surface area (Å²) < 4.78 is 6.27. The lowest BCUT2D eigenvalue weighted by Crippen LogP contribution is -2.34. The number of thiophene rings is 1. The van der Waals surface area contributed by atoms with Crippen LogP contribution < -0.4 is 15.5 Å². The quantitative estimate of drug-likeness (QED) is 0.684. The van der Waals surface area contributed by atoms with Crippen molar-refractivity contribution in [3.63, 3.8) is 0 Å². The van der Waals surface area contributed by atoms with Gasteiger partial charge in [0.1, 0.15) is 6.10 Å². The average Bonchev–Trinajstić information content (AvgIpc) is 3.24. The van der Waals surface area contributed by atoms with Gasteiger partial charge >= 0.3 is 6.09 Å². The number of halogens is 1. The number of anilines is 2. The summed E-state index contributed by atoms with van der Waals surface area (Å²) >= 11 is 4.70. The molecule has 6 nitrogen and oxygen atoms in total. The first-order chi connectivity index (χ1) is 12.6. The van der Waals surface area contributed by atoms with Crippen LogP contribution in [0.25, 0.3) is 0 Å². The van der Waals surface area contributed by atoms with Crippen molar-refractivity contribution < 1.29 is 14.3 Å². The molecule has 0 radical (unpaired) electrons. The minimum absolute atomic E-state index is 0.165. The highest BCUT2D eigenvalue weighted by Crippen LogP contribution is 2.24. The van der Waals surface area contributed by atoms with Crippen LogP contribution in [0.3, 0.4) is 0 Å². The number of carbonyl (C=O) groups is 2. The van der Waals surface area contributed by atoms with Crippen LogP contribution in [0.5, 0.6) is 0 Å². The second-order valence-corrected chi connectivity index (χ2v) is 8.37. The molecule has 2 N–H and O–H groups in total. The Morgan fingerprint density at radius 3 is 2.73 bits per heavy atom. The van der Waals surface area contributed by atoms with Crippen molar-refractivity contribution in [2.75, 3.05) is 29.9 Å². The van der Waals surface area contributed by atoms with Gasteiger partial charge in [-0.3, -0.25) is 9.69 Å². The highest BCUT2D eigenvalue weighted by atomic mass is 79.9. The highest BCUT2D eigenvalue weighted by Gasteiger charge is 2.32. The number of nitrogens with zero attached hydrogens (tertiary/aromatic N) is 1. The molecule has 1 aliphatic heterocycles. The van der Waals surface area contributed by atoms with E-state index in [1.54, 1.807) is 11.0 Å². The normalized spacial score (nSPS) is 16.5. The van der Waals surface area contributed by atoms with E-state index in [1.807, 2.05) is 30.3 Å². The molecule has 0 spiro atoms. The fourth-order valence-corrected chi connectivity index (χ4v) is 3.90. The Bertz CT molecular complexity index is 778. The lowest BCUT2D eigenvalue weighted by atomic mass is 10.2. The standard InChI is InChI=1S/C18H20BrN3O3S/c1-2-9-20-12-3-5-13(6-4-12)22-11-14(25-18(22)24)10-21-17(23)15-7-8-16(19)26-15/h3-8,14,20H,2,9-11H2,1H3,(H,21,23)/t14-/m0/s1. The molecule has 1 aromatic carbocycles. The summed E-state index contributed by atoms with van der Waals surface area (Å²) in [5, 5.41) is 6.11. The molecule has 138 valence electrons. The molecular weight excluding hydrogens is 418 g/mol. The highest BCUT2D eigenvalue weighted by molar-refractivity contribution is 9.11. The van der Waals surface area contributed by atoms with Crippen molar-refractivity contribution in [2.45, 2.75) is 19.4 Å². The zero-order valence-corrected chi connectivity index (χ0v) is 16.7. The SMILES string of the molecule is CCCNc1ccc(N2C[C@H](CNC(=O)c3ccc(Br)s3)OC2=O)cc1. The topological polar surface area (TPSA) is 70.7 Å². The third kappa shape index (κ3) is 4.56. The first-order valence-electron chi connectivity index (χ1n) is 8.42. The largest absolute Gasteiger partial charge is 0.442 e. The zero-order chi connectivity index (χ0) is 18.5. The predicted molar refractivity (Wildman–Crippen MR) is 107 cm³/mol. The van der Waals surface area contributed by atoms with Crippen molar-refractivity contribution in [1.82, 2.24) is 5.32 Å². The Morgan fingerprint density at radius 1 is 1.31 bits per heavy atom. The number of cyclic esters (lactones) is 1. The van der Waals surface area contributed by atoms with E-state index in [0.717, 1.165) is 28.1 Å². The van der Waals surface area contributed by atoms with Crippen LogP contribution >= 0.6 is 27.3 Å². The van der Waals surface area contributed by atoms with Gasteiger partial charge in [0.25, 0.3) is 5.91 Å². The van der Waals surface area contributed by atoms with Crippen LogP contribution in [0.2, 0.25) is 0 Å². The predicted octanol–water partition coefficient (Wildman–Crippen LogP) is 4.09. The van der Waals surface area contributed by atoms with E-state index in [9.17, 15) is 9.59 Å². The molecule has 0 aliphatic carbocycles. The number of hydrogen-bond donors (Lipinski definition) is 2. The summed E-state index contributed by atoms with van der Waals surface area (Å²) in [6, 6.07) is 11.3. The number of amides is 2. The fraction of sp³-hybridized carbons (Fsp3) is 0.333. The molecule has 1 atom stereocenters. The molecule has 2 heterocycles. The smallest absolute Gasteiger partial charge is 0.414 e. The second kappa shape index (κ2) is 8.55. The first kappa shape index (κ1) is 18.7. The zero-order valence-electron chi connectivity index (χ0n) is 14.3. The van der Waals surface area contributed by atoms with Crippen molar-refractivity contribution in [3.05, 3.63) is 45.1 Å². The number of ether oxygens (including phenoxy) is 1. The number of nitrogens with one attached hydrogen (secondary N) is 2. The van der Waals surface area contributed by atoms with E-state index in [0.29, 0.717) is 11.4 Å². The summed E-state index contributed by atoms with van der Waals surface area (Å²) in [4.78, 5) is 26.4. The maximum Gasteiger partial charge on any atom is 0.414 e. The fourth-order valence-electron chi connectivity index (χ4n) is 2.60. The van der Waals surface area contributed by atoms with Gasteiger partial charge in [-0.15, -0.1) is 11.3 Å². The Balaban J connectivity index is 1.54. The molecule has 1 aliphatic rings. The van der Waals surface area contributed by atoms with Gasteiger partial charge in [-0.25, -0.2) is 4.79 Å². The Kier molecular flexibility index (Phi) is 6.16. The summed E-state index contributed by atoms with van der Waals surface area (Å²) in [5.41, 5.74) is 1.81. The van der Waals surface area contributed by atoms with E-state index in [2.05, 4.69) is 33.5 Å². The molecule has 0 saturated carbocycles. The monoisotopic (exact) mass is 437 g/mol. The Hall–Kier alpha value is -2.06. The average molecular weight is 438 g/mol. The van der Waals surface area contributed by atoms with Crippen molar-refractivity contribution >= 4 is 50.6 Å². The molecule has 1 saturated heterocycles. The van der Waals surface area contributed by atoms with Gasteiger partial charge in [0.05, 0.1) is 21.8 Å². The molecule has 1 aromatic heterocycles. The van der Waals surface area contributed by atoms with Gasteiger partial charge in [0.15, 0.2) is 0 Å². The minimum atomic E-state index is -0.391. The maximum atomic E-state index is 12.1.